The van der Waals surface area contributed by atoms with Crippen LogP contribution in [-0.2, 0) is 22.0 Å². The Morgan fingerprint density at radius 2 is 1.87 bits per heavy atom. The molecule has 0 bridgehead atoms. The number of aryl methyl sites for hydroxylation is 1. The van der Waals surface area contributed by atoms with Crippen molar-refractivity contribution in [1.82, 2.24) is 14.4 Å². The highest BCUT2D eigenvalue weighted by Gasteiger charge is 2.27. The van der Waals surface area contributed by atoms with Crippen LogP contribution in [0.4, 0.5) is 0 Å². The van der Waals surface area contributed by atoms with Crippen LogP contribution in [0.1, 0.15) is 43.3 Å². The van der Waals surface area contributed by atoms with Crippen LogP contribution in [0.5, 0.6) is 0 Å². The molecule has 6 nitrogen and oxygen atoms in total. The van der Waals surface area contributed by atoms with Gasteiger partial charge in [-0.25, -0.2) is 8.42 Å². The summed E-state index contributed by atoms with van der Waals surface area (Å²) in [6.45, 7) is 10.0. The van der Waals surface area contributed by atoms with Gasteiger partial charge in [-0.3, -0.25) is 0 Å². The van der Waals surface area contributed by atoms with Crippen molar-refractivity contribution in [2.75, 3.05) is 7.05 Å². The number of hydrogen-bond acceptors (Lipinski definition) is 5. The molecule has 0 aliphatic heterocycles. The molecule has 126 valence electrons. The van der Waals surface area contributed by atoms with Crippen molar-refractivity contribution in [1.29, 1.82) is 0 Å². The number of rotatable bonds is 4. The smallest absolute Gasteiger partial charge is 0.243 e. The molecule has 0 N–H and O–H groups in total. The fraction of sp³-hybridized carbons (Fsp3) is 0.500. The number of hydrogen-bond donors (Lipinski definition) is 0. The fourth-order valence-corrected chi connectivity index (χ4v) is 3.69. The Balaban J connectivity index is 2.48. The van der Waals surface area contributed by atoms with Crippen LogP contribution in [0, 0.1) is 13.8 Å². The summed E-state index contributed by atoms with van der Waals surface area (Å²) < 4.78 is 31.8. The Kier molecular flexibility index (Phi) is 4.64. The molecule has 0 fully saturated rings. The summed E-state index contributed by atoms with van der Waals surface area (Å²) in [5.74, 6) is 0.331. The van der Waals surface area contributed by atoms with E-state index in [0.717, 1.165) is 16.7 Å². The van der Waals surface area contributed by atoms with Gasteiger partial charge in [0.15, 0.2) is 5.82 Å². The molecular formula is C16H23N3O3S. The van der Waals surface area contributed by atoms with Crippen LogP contribution < -0.4 is 0 Å². The topological polar surface area (TPSA) is 76.3 Å². The number of nitrogens with zero attached hydrogens (tertiary/aromatic N) is 3. The molecule has 0 atom stereocenters. The summed E-state index contributed by atoms with van der Waals surface area (Å²) in [6.07, 6.45) is 1.19. The first-order chi connectivity index (χ1) is 10.5. The summed E-state index contributed by atoms with van der Waals surface area (Å²) in [5, 5.41) is 3.67. The van der Waals surface area contributed by atoms with Crippen molar-refractivity contribution in [3.05, 3.63) is 41.0 Å². The van der Waals surface area contributed by atoms with Gasteiger partial charge >= 0.3 is 0 Å². The summed E-state index contributed by atoms with van der Waals surface area (Å²) in [4.78, 5) is 4.20. The standard InChI is InChI=1S/C16H23N3O3S/c1-11-7-13(16(3,4)5)8-14(12(11)2)23(20,21)19(6)9-15-17-10-22-18-15/h7-8,10H,9H2,1-6H3. The van der Waals surface area contributed by atoms with E-state index in [-0.39, 0.29) is 12.0 Å². The van der Waals surface area contributed by atoms with Crippen LogP contribution in [0.2, 0.25) is 0 Å². The average Bonchev–Trinajstić information content (AvgIpc) is 2.93. The van der Waals surface area contributed by atoms with E-state index < -0.39 is 10.0 Å². The van der Waals surface area contributed by atoms with E-state index >= 15 is 0 Å². The van der Waals surface area contributed by atoms with E-state index in [2.05, 4.69) is 35.4 Å². The second-order valence-corrected chi connectivity index (χ2v) is 8.79. The first-order valence-electron chi connectivity index (χ1n) is 7.37. The highest BCUT2D eigenvalue weighted by molar-refractivity contribution is 7.89. The second kappa shape index (κ2) is 6.05. The Hall–Kier alpha value is -1.73. The van der Waals surface area contributed by atoms with Crippen LogP contribution in [0.15, 0.2) is 27.9 Å². The average molecular weight is 337 g/mol. The van der Waals surface area contributed by atoms with Gasteiger partial charge in [-0.15, -0.1) is 0 Å². The molecule has 0 aliphatic rings. The van der Waals surface area contributed by atoms with E-state index in [0.29, 0.717) is 10.7 Å². The molecule has 0 saturated heterocycles. The maximum Gasteiger partial charge on any atom is 0.243 e. The monoisotopic (exact) mass is 337 g/mol. The Bertz CT molecular complexity index is 791. The number of aromatic nitrogens is 2. The van der Waals surface area contributed by atoms with Crippen LogP contribution in [0.25, 0.3) is 0 Å². The van der Waals surface area contributed by atoms with Gasteiger partial charge in [0.25, 0.3) is 0 Å². The van der Waals surface area contributed by atoms with Gasteiger partial charge in [0.05, 0.1) is 11.4 Å². The predicted octanol–water partition coefficient (Wildman–Crippen LogP) is 2.80. The molecule has 23 heavy (non-hydrogen) atoms. The maximum absolute atomic E-state index is 13.0. The fourth-order valence-electron chi connectivity index (χ4n) is 2.24. The molecule has 1 aromatic carbocycles. The van der Waals surface area contributed by atoms with Gasteiger partial charge in [0.2, 0.25) is 16.4 Å². The van der Waals surface area contributed by atoms with Crippen molar-refractivity contribution in [2.45, 2.75) is 51.5 Å². The van der Waals surface area contributed by atoms with Gasteiger partial charge in [-0.2, -0.15) is 9.29 Å². The first-order valence-corrected chi connectivity index (χ1v) is 8.81. The summed E-state index contributed by atoms with van der Waals surface area (Å²) in [7, 11) is -2.12. The van der Waals surface area contributed by atoms with Gasteiger partial charge in [0.1, 0.15) is 0 Å². The minimum atomic E-state index is -3.64. The van der Waals surface area contributed by atoms with Crippen molar-refractivity contribution >= 4 is 10.0 Å². The van der Waals surface area contributed by atoms with Gasteiger partial charge in [0, 0.05) is 7.05 Å². The van der Waals surface area contributed by atoms with Crippen LogP contribution in [0.3, 0.4) is 0 Å². The molecule has 2 aromatic rings. The molecule has 0 unspecified atom stereocenters. The largest absolute Gasteiger partial charge is 0.343 e. The van der Waals surface area contributed by atoms with Crippen molar-refractivity contribution < 1.29 is 12.9 Å². The van der Waals surface area contributed by atoms with Gasteiger partial charge in [-0.05, 0) is 42.0 Å². The molecule has 0 amide bonds. The number of benzene rings is 1. The predicted molar refractivity (Wildman–Crippen MR) is 87.6 cm³/mol. The summed E-state index contributed by atoms with van der Waals surface area (Å²) in [6, 6.07) is 3.82. The van der Waals surface area contributed by atoms with Gasteiger partial charge < -0.3 is 4.52 Å². The third kappa shape index (κ3) is 3.61. The lowest BCUT2D eigenvalue weighted by molar-refractivity contribution is 0.394. The second-order valence-electron chi connectivity index (χ2n) is 6.77. The highest BCUT2D eigenvalue weighted by atomic mass is 32.2. The third-order valence-corrected chi connectivity index (χ3v) is 5.87. The van der Waals surface area contributed by atoms with E-state index in [1.807, 2.05) is 19.9 Å². The summed E-state index contributed by atoms with van der Waals surface area (Å²) >= 11 is 0. The van der Waals surface area contributed by atoms with E-state index in [9.17, 15) is 8.42 Å². The zero-order valence-corrected chi connectivity index (χ0v) is 15.2. The van der Waals surface area contributed by atoms with Crippen molar-refractivity contribution in [3.8, 4) is 0 Å². The molecule has 2 rings (SSSR count). The molecule has 0 spiro atoms. The lowest BCUT2D eigenvalue weighted by atomic mass is 9.85. The Morgan fingerprint density at radius 3 is 2.39 bits per heavy atom. The van der Waals surface area contributed by atoms with E-state index in [1.54, 1.807) is 6.07 Å². The normalized spacial score (nSPS) is 12.8. The molecule has 1 aromatic heterocycles. The molecule has 1 heterocycles. The minimum absolute atomic E-state index is 0.0665. The quantitative estimate of drug-likeness (QED) is 0.857. The van der Waals surface area contributed by atoms with Crippen LogP contribution in [-0.4, -0.2) is 29.9 Å². The Labute approximate surface area is 137 Å². The zero-order valence-electron chi connectivity index (χ0n) is 14.4. The minimum Gasteiger partial charge on any atom is -0.343 e. The molecule has 7 heteroatoms. The van der Waals surface area contributed by atoms with Crippen LogP contribution >= 0.6 is 0 Å². The molecular weight excluding hydrogens is 314 g/mol. The molecule has 0 aliphatic carbocycles. The van der Waals surface area contributed by atoms with E-state index in [1.165, 1.54) is 17.7 Å². The zero-order chi connectivity index (χ0) is 17.4. The lowest BCUT2D eigenvalue weighted by Crippen LogP contribution is -2.28. The lowest BCUT2D eigenvalue weighted by Gasteiger charge is -2.24. The molecule has 0 saturated carbocycles. The van der Waals surface area contributed by atoms with Crippen molar-refractivity contribution in [3.63, 3.8) is 0 Å². The summed E-state index contributed by atoms with van der Waals surface area (Å²) in [5.41, 5.74) is 2.59. The maximum atomic E-state index is 13.0. The molecule has 0 radical (unpaired) electrons. The van der Waals surface area contributed by atoms with Crippen molar-refractivity contribution in [2.24, 2.45) is 0 Å². The number of sulfonamides is 1. The Morgan fingerprint density at radius 1 is 1.22 bits per heavy atom. The highest BCUT2D eigenvalue weighted by Crippen LogP contribution is 2.30. The third-order valence-electron chi connectivity index (χ3n) is 3.94. The SMILES string of the molecule is Cc1cc(C(C)(C)C)cc(S(=O)(=O)N(C)Cc2ncon2)c1C. The van der Waals surface area contributed by atoms with Gasteiger partial charge in [-0.1, -0.05) is 32.0 Å². The first kappa shape index (κ1) is 17.6. The van der Waals surface area contributed by atoms with E-state index in [4.69, 9.17) is 0 Å².